The van der Waals surface area contributed by atoms with Crippen LogP contribution in [0.15, 0.2) is 39.6 Å². The Bertz CT molecular complexity index is 743. The molecule has 3 aliphatic heterocycles. The maximum atomic E-state index is 12.5. The molecule has 3 saturated heterocycles. The minimum atomic E-state index is -0.0447. The third-order valence-corrected chi connectivity index (χ3v) is 6.99. The number of nitrogens with zero attached hydrogens (tertiary/aromatic N) is 2. The molecule has 5 rings (SSSR count). The molecule has 1 amide bonds. The zero-order valence-corrected chi connectivity index (χ0v) is 15.5. The van der Waals surface area contributed by atoms with Crippen LogP contribution in [-0.2, 0) is 0 Å². The van der Waals surface area contributed by atoms with Crippen LogP contribution in [0.4, 0.5) is 0 Å². The van der Waals surface area contributed by atoms with Crippen LogP contribution in [0.1, 0.15) is 22.6 Å². The number of aromatic nitrogens is 1. The number of carbonyl (C=O) groups is 1. The zero-order valence-electron chi connectivity index (χ0n) is 13.1. The van der Waals surface area contributed by atoms with E-state index in [1.165, 1.54) is 37.3 Å². The number of carbonyl (C=O) groups excluding carboxylic acids is 1. The van der Waals surface area contributed by atoms with E-state index in [1.807, 2.05) is 24.3 Å². The smallest absolute Gasteiger partial charge is 0.280 e. The van der Waals surface area contributed by atoms with Gasteiger partial charge in [0.25, 0.3) is 5.91 Å². The van der Waals surface area contributed by atoms with Crippen molar-refractivity contribution in [3.63, 3.8) is 0 Å². The molecule has 3 aliphatic rings. The van der Waals surface area contributed by atoms with Crippen molar-refractivity contribution < 1.29 is 4.79 Å². The zero-order chi connectivity index (χ0) is 16.5. The third kappa shape index (κ3) is 3.61. The molecule has 1 atom stereocenters. The highest BCUT2D eigenvalue weighted by molar-refractivity contribution is 8.01. The van der Waals surface area contributed by atoms with E-state index in [1.54, 1.807) is 18.0 Å². The molecule has 0 spiro atoms. The number of fused-ring (bicyclic) bond motifs is 3. The molecule has 0 radical (unpaired) electrons. The number of amides is 1. The van der Waals surface area contributed by atoms with Gasteiger partial charge in [0.05, 0.1) is 10.4 Å². The second kappa shape index (κ2) is 7.04. The van der Waals surface area contributed by atoms with E-state index in [9.17, 15) is 4.79 Å². The van der Waals surface area contributed by atoms with Crippen LogP contribution in [0.5, 0.6) is 0 Å². The van der Waals surface area contributed by atoms with Gasteiger partial charge in [-0.25, -0.2) is 4.98 Å². The van der Waals surface area contributed by atoms with Gasteiger partial charge in [0.15, 0.2) is 5.01 Å². The lowest BCUT2D eigenvalue weighted by Gasteiger charge is -2.44. The summed E-state index contributed by atoms with van der Waals surface area (Å²) in [5.74, 6) is 0.580. The Balaban J connectivity index is 1.40. The molecule has 4 nitrogen and oxygen atoms in total. The molecular formula is C17H18ClN3OS2. The van der Waals surface area contributed by atoms with Crippen molar-refractivity contribution in [2.45, 2.75) is 28.0 Å². The molecule has 1 N–H and O–H groups in total. The van der Waals surface area contributed by atoms with Crippen LogP contribution >= 0.6 is 34.7 Å². The van der Waals surface area contributed by atoms with Gasteiger partial charge >= 0.3 is 0 Å². The Morgan fingerprint density at radius 2 is 2.21 bits per heavy atom. The van der Waals surface area contributed by atoms with Crippen LogP contribution in [0.2, 0.25) is 5.02 Å². The molecule has 2 bridgehead atoms. The van der Waals surface area contributed by atoms with E-state index in [4.69, 9.17) is 11.6 Å². The molecule has 3 fully saturated rings. The summed E-state index contributed by atoms with van der Waals surface area (Å²) in [6.45, 7) is 3.33. The highest BCUT2D eigenvalue weighted by Gasteiger charge is 2.35. The molecular weight excluding hydrogens is 362 g/mol. The van der Waals surface area contributed by atoms with Gasteiger partial charge in [-0.1, -0.05) is 29.4 Å². The fraction of sp³-hybridized carbons (Fsp3) is 0.412. The summed E-state index contributed by atoms with van der Waals surface area (Å²) >= 11 is 9.03. The van der Waals surface area contributed by atoms with E-state index in [-0.39, 0.29) is 11.9 Å². The van der Waals surface area contributed by atoms with Gasteiger partial charge in [0, 0.05) is 22.5 Å². The van der Waals surface area contributed by atoms with Crippen molar-refractivity contribution >= 4 is 40.6 Å². The summed E-state index contributed by atoms with van der Waals surface area (Å²) in [7, 11) is 0. The first-order valence-electron chi connectivity index (χ1n) is 8.10. The van der Waals surface area contributed by atoms with E-state index in [0.29, 0.717) is 15.9 Å². The van der Waals surface area contributed by atoms with Gasteiger partial charge in [0.2, 0.25) is 0 Å². The lowest BCUT2D eigenvalue weighted by atomic mass is 9.84. The molecule has 7 heteroatoms. The molecule has 1 aromatic carbocycles. The maximum Gasteiger partial charge on any atom is 0.280 e. The summed E-state index contributed by atoms with van der Waals surface area (Å²) < 4.78 is 0.997. The van der Waals surface area contributed by atoms with Gasteiger partial charge in [-0.15, -0.1) is 11.3 Å². The van der Waals surface area contributed by atoms with Crippen molar-refractivity contribution in [3.05, 3.63) is 40.5 Å². The first-order chi connectivity index (χ1) is 11.7. The number of rotatable bonds is 4. The van der Waals surface area contributed by atoms with Crippen LogP contribution in [-0.4, -0.2) is 41.5 Å². The van der Waals surface area contributed by atoms with E-state index >= 15 is 0 Å². The molecule has 0 aliphatic carbocycles. The van der Waals surface area contributed by atoms with Gasteiger partial charge in [0.1, 0.15) is 0 Å². The second-order valence-electron chi connectivity index (χ2n) is 6.26. The highest BCUT2D eigenvalue weighted by Crippen LogP contribution is 2.33. The lowest BCUT2D eigenvalue weighted by Crippen LogP contribution is -2.57. The van der Waals surface area contributed by atoms with Gasteiger partial charge < -0.3 is 10.2 Å². The van der Waals surface area contributed by atoms with Gasteiger partial charge in [-0.05, 0) is 50.0 Å². The predicted octanol–water partition coefficient (Wildman–Crippen LogP) is 3.77. The van der Waals surface area contributed by atoms with E-state index in [0.717, 1.165) is 15.6 Å². The first kappa shape index (κ1) is 16.4. The molecule has 0 saturated carbocycles. The Hall–Kier alpha value is -1.08. The molecule has 1 aromatic heterocycles. The summed E-state index contributed by atoms with van der Waals surface area (Å²) in [4.78, 5) is 20.3. The first-order valence-corrected chi connectivity index (χ1v) is 10.1. The number of piperidine rings is 3. The van der Waals surface area contributed by atoms with Crippen molar-refractivity contribution in [1.29, 1.82) is 0 Å². The van der Waals surface area contributed by atoms with Crippen molar-refractivity contribution in [1.82, 2.24) is 15.2 Å². The number of benzene rings is 1. The van der Waals surface area contributed by atoms with Crippen LogP contribution in [0, 0.1) is 5.92 Å². The summed E-state index contributed by atoms with van der Waals surface area (Å²) in [6, 6.07) is 7.97. The average molecular weight is 380 g/mol. The Morgan fingerprint density at radius 1 is 1.38 bits per heavy atom. The minimum absolute atomic E-state index is 0.0447. The predicted molar refractivity (Wildman–Crippen MR) is 98.1 cm³/mol. The second-order valence-corrected chi connectivity index (χ2v) is 9.10. The molecule has 24 heavy (non-hydrogen) atoms. The minimum Gasteiger partial charge on any atom is -0.346 e. The lowest BCUT2D eigenvalue weighted by molar-refractivity contribution is 0.0620. The fourth-order valence-electron chi connectivity index (χ4n) is 3.42. The van der Waals surface area contributed by atoms with Crippen molar-refractivity contribution in [2.24, 2.45) is 5.92 Å². The molecule has 4 heterocycles. The summed E-state index contributed by atoms with van der Waals surface area (Å²) in [6.07, 6.45) is 4.15. The van der Waals surface area contributed by atoms with Crippen LogP contribution < -0.4 is 5.32 Å². The van der Waals surface area contributed by atoms with Crippen molar-refractivity contribution in [3.8, 4) is 0 Å². The highest BCUT2D eigenvalue weighted by atomic mass is 35.5. The number of nitrogens with one attached hydrogen (secondary N) is 1. The molecule has 2 aromatic rings. The van der Waals surface area contributed by atoms with Crippen LogP contribution in [0.25, 0.3) is 0 Å². The van der Waals surface area contributed by atoms with Gasteiger partial charge in [-0.2, -0.15) is 0 Å². The standard InChI is InChI=1S/C17H18ClN3OS2/c18-12-2-1-3-13(8-12)23-15-9-19-17(24-15)16(22)20-14-10-21-6-4-11(14)5-7-21/h1-3,8-9,11,14H,4-7,10H2,(H,20,22). The number of thiazole rings is 1. The summed E-state index contributed by atoms with van der Waals surface area (Å²) in [5.41, 5.74) is 0. The van der Waals surface area contributed by atoms with Crippen molar-refractivity contribution in [2.75, 3.05) is 19.6 Å². The summed E-state index contributed by atoms with van der Waals surface area (Å²) in [5, 5.41) is 4.44. The monoisotopic (exact) mass is 379 g/mol. The Labute approximate surface area is 154 Å². The van der Waals surface area contributed by atoms with Crippen LogP contribution in [0.3, 0.4) is 0 Å². The third-order valence-electron chi connectivity index (χ3n) is 4.67. The Kier molecular flexibility index (Phi) is 4.81. The SMILES string of the molecule is O=C(NC1CN2CCC1CC2)c1ncc(Sc2cccc(Cl)c2)s1. The number of halogens is 1. The maximum absolute atomic E-state index is 12.5. The topological polar surface area (TPSA) is 45.2 Å². The molecule has 1 unspecified atom stereocenters. The van der Waals surface area contributed by atoms with Gasteiger partial charge in [-0.3, -0.25) is 4.79 Å². The van der Waals surface area contributed by atoms with E-state index in [2.05, 4.69) is 15.2 Å². The molecule has 126 valence electrons. The normalized spacial score (nSPS) is 25.6. The fourth-order valence-corrected chi connectivity index (χ4v) is 5.59. The quantitative estimate of drug-likeness (QED) is 0.878. The number of hydrogen-bond acceptors (Lipinski definition) is 5. The Morgan fingerprint density at radius 3 is 2.92 bits per heavy atom. The average Bonchev–Trinajstić information content (AvgIpc) is 3.05. The van der Waals surface area contributed by atoms with E-state index < -0.39 is 0 Å². The number of hydrogen-bond donors (Lipinski definition) is 1. The largest absolute Gasteiger partial charge is 0.346 e.